The Morgan fingerprint density at radius 2 is 2.00 bits per heavy atom. The normalized spacial score (nSPS) is 10.7. The summed E-state index contributed by atoms with van der Waals surface area (Å²) in [7, 11) is 0. The fraction of sp³-hybridized carbons (Fsp3) is 0.0667. The highest BCUT2D eigenvalue weighted by Crippen LogP contribution is 2.28. The largest absolute Gasteiger partial charge is 0.506 e. The molecule has 1 aromatic carbocycles. The zero-order valence-corrected chi connectivity index (χ0v) is 11.3. The summed E-state index contributed by atoms with van der Waals surface area (Å²) in [6.07, 6.45) is 3.15. The van der Waals surface area contributed by atoms with E-state index in [0.717, 1.165) is 22.3 Å². The van der Waals surface area contributed by atoms with E-state index in [9.17, 15) is 5.11 Å². The van der Waals surface area contributed by atoms with E-state index in [2.05, 4.69) is 15.3 Å². The van der Waals surface area contributed by atoms with Gasteiger partial charge in [-0.25, -0.2) is 0 Å². The average Bonchev–Trinajstić information content (AvgIpc) is 2.49. The third kappa shape index (κ3) is 2.51. The summed E-state index contributed by atoms with van der Waals surface area (Å²) in [5.74, 6) is 0.162. The van der Waals surface area contributed by atoms with Crippen molar-refractivity contribution in [3.8, 4) is 5.75 Å². The number of halogens is 1. The zero-order valence-electron chi connectivity index (χ0n) is 10.5. The lowest BCUT2D eigenvalue weighted by Crippen LogP contribution is -2.02. The van der Waals surface area contributed by atoms with Gasteiger partial charge in [-0.3, -0.25) is 9.97 Å². The second-order valence-electron chi connectivity index (χ2n) is 4.36. The fourth-order valence-corrected chi connectivity index (χ4v) is 2.21. The summed E-state index contributed by atoms with van der Waals surface area (Å²) in [6.45, 7) is 0.561. The van der Waals surface area contributed by atoms with Gasteiger partial charge >= 0.3 is 0 Å². The minimum absolute atomic E-state index is 0.162. The Kier molecular flexibility index (Phi) is 3.39. The van der Waals surface area contributed by atoms with Gasteiger partial charge in [0.05, 0.1) is 29.0 Å². The molecule has 0 radical (unpaired) electrons. The summed E-state index contributed by atoms with van der Waals surface area (Å²) in [5, 5.41) is 14.1. The molecule has 0 bridgehead atoms. The maximum atomic E-state index is 9.21. The number of nitrogens with zero attached hydrogens (tertiary/aromatic N) is 2. The maximum absolute atomic E-state index is 9.21. The molecule has 3 aromatic rings. The lowest BCUT2D eigenvalue weighted by atomic mass is 10.2. The first-order chi connectivity index (χ1) is 9.74. The Morgan fingerprint density at radius 3 is 2.80 bits per heavy atom. The lowest BCUT2D eigenvalue weighted by molar-refractivity contribution is 0.472. The SMILES string of the molecule is Oc1ccc(CNc2ccc(Cl)c3ncccc23)nc1. The first-order valence-electron chi connectivity index (χ1n) is 6.15. The number of pyridine rings is 2. The van der Waals surface area contributed by atoms with Gasteiger partial charge in [0.25, 0.3) is 0 Å². The Balaban J connectivity index is 1.88. The topological polar surface area (TPSA) is 58.0 Å². The van der Waals surface area contributed by atoms with Crippen molar-refractivity contribution in [3.05, 3.63) is 59.5 Å². The van der Waals surface area contributed by atoms with Crippen LogP contribution in [-0.2, 0) is 6.54 Å². The summed E-state index contributed by atoms with van der Waals surface area (Å²) in [6, 6.07) is 11.0. The van der Waals surface area contributed by atoms with Crippen molar-refractivity contribution < 1.29 is 5.11 Å². The Hall–Kier alpha value is -2.33. The molecule has 0 unspecified atom stereocenters. The summed E-state index contributed by atoms with van der Waals surface area (Å²) in [4.78, 5) is 8.42. The van der Waals surface area contributed by atoms with Crippen LogP contribution >= 0.6 is 11.6 Å². The van der Waals surface area contributed by atoms with Gasteiger partial charge in [0.15, 0.2) is 0 Å². The van der Waals surface area contributed by atoms with Crippen molar-refractivity contribution in [2.75, 3.05) is 5.32 Å². The summed E-state index contributed by atoms with van der Waals surface area (Å²) < 4.78 is 0. The Labute approximate surface area is 121 Å². The molecule has 20 heavy (non-hydrogen) atoms. The molecule has 0 amide bonds. The van der Waals surface area contributed by atoms with Crippen LogP contribution in [0.3, 0.4) is 0 Å². The average molecular weight is 286 g/mol. The van der Waals surface area contributed by atoms with Gasteiger partial charge < -0.3 is 10.4 Å². The van der Waals surface area contributed by atoms with Crippen LogP contribution < -0.4 is 5.32 Å². The minimum Gasteiger partial charge on any atom is -0.506 e. The number of anilines is 1. The predicted molar refractivity (Wildman–Crippen MR) is 80.0 cm³/mol. The Bertz CT molecular complexity index is 744. The van der Waals surface area contributed by atoms with Crippen molar-refractivity contribution in [2.45, 2.75) is 6.54 Å². The maximum Gasteiger partial charge on any atom is 0.133 e. The monoisotopic (exact) mass is 285 g/mol. The van der Waals surface area contributed by atoms with Crippen molar-refractivity contribution in [3.63, 3.8) is 0 Å². The molecule has 0 aliphatic rings. The molecule has 2 heterocycles. The van der Waals surface area contributed by atoms with Crippen molar-refractivity contribution in [2.24, 2.45) is 0 Å². The van der Waals surface area contributed by atoms with Gasteiger partial charge in [0.1, 0.15) is 5.75 Å². The molecule has 0 spiro atoms. The minimum atomic E-state index is 0.162. The number of aromatic hydroxyl groups is 1. The van der Waals surface area contributed by atoms with Crippen molar-refractivity contribution in [1.82, 2.24) is 9.97 Å². The molecule has 0 saturated heterocycles. The molecule has 2 N–H and O–H groups in total. The number of nitrogens with one attached hydrogen (secondary N) is 1. The van der Waals surface area contributed by atoms with Gasteiger partial charge in [0.2, 0.25) is 0 Å². The lowest BCUT2D eigenvalue weighted by Gasteiger charge is -2.10. The van der Waals surface area contributed by atoms with E-state index in [0.29, 0.717) is 11.6 Å². The number of rotatable bonds is 3. The van der Waals surface area contributed by atoms with Gasteiger partial charge in [-0.05, 0) is 36.4 Å². The molecule has 100 valence electrons. The van der Waals surface area contributed by atoms with Crippen LogP contribution in [0.5, 0.6) is 5.75 Å². The van der Waals surface area contributed by atoms with E-state index in [4.69, 9.17) is 11.6 Å². The Morgan fingerprint density at radius 1 is 1.10 bits per heavy atom. The second-order valence-corrected chi connectivity index (χ2v) is 4.76. The van der Waals surface area contributed by atoms with Crippen LogP contribution in [-0.4, -0.2) is 15.1 Å². The highest BCUT2D eigenvalue weighted by molar-refractivity contribution is 6.35. The van der Waals surface area contributed by atoms with Gasteiger partial charge in [-0.2, -0.15) is 0 Å². The number of hydrogen-bond acceptors (Lipinski definition) is 4. The number of benzene rings is 1. The summed E-state index contributed by atoms with van der Waals surface area (Å²) >= 11 is 6.13. The van der Waals surface area contributed by atoms with Gasteiger partial charge in [-0.15, -0.1) is 0 Å². The van der Waals surface area contributed by atoms with Crippen molar-refractivity contribution in [1.29, 1.82) is 0 Å². The number of fused-ring (bicyclic) bond motifs is 1. The number of aromatic nitrogens is 2. The molecule has 0 saturated carbocycles. The first-order valence-corrected chi connectivity index (χ1v) is 6.53. The first kappa shape index (κ1) is 12.7. The van der Waals surface area contributed by atoms with Crippen LogP contribution in [0, 0.1) is 0 Å². The van der Waals surface area contributed by atoms with Crippen LogP contribution in [0.1, 0.15) is 5.69 Å². The van der Waals surface area contributed by atoms with E-state index >= 15 is 0 Å². The van der Waals surface area contributed by atoms with Crippen LogP contribution in [0.25, 0.3) is 10.9 Å². The molecular weight excluding hydrogens is 274 g/mol. The highest BCUT2D eigenvalue weighted by atomic mass is 35.5. The van der Waals surface area contributed by atoms with E-state index in [1.54, 1.807) is 18.3 Å². The molecule has 5 heteroatoms. The highest BCUT2D eigenvalue weighted by Gasteiger charge is 2.05. The van der Waals surface area contributed by atoms with Crippen LogP contribution in [0.15, 0.2) is 48.8 Å². The molecule has 0 aliphatic heterocycles. The molecule has 2 aromatic heterocycles. The second kappa shape index (κ2) is 5.35. The third-order valence-electron chi connectivity index (χ3n) is 2.99. The summed E-state index contributed by atoms with van der Waals surface area (Å²) in [5.41, 5.74) is 2.57. The molecule has 0 fully saturated rings. The van der Waals surface area contributed by atoms with Crippen LogP contribution in [0.4, 0.5) is 5.69 Å². The van der Waals surface area contributed by atoms with Crippen molar-refractivity contribution >= 4 is 28.2 Å². The fourth-order valence-electron chi connectivity index (χ4n) is 2.00. The van der Waals surface area contributed by atoms with E-state index in [1.165, 1.54) is 6.20 Å². The van der Waals surface area contributed by atoms with E-state index in [1.807, 2.05) is 24.3 Å². The molecule has 0 atom stereocenters. The molecular formula is C15H12ClN3O. The predicted octanol–water partition coefficient (Wildman–Crippen LogP) is 3.60. The molecule has 3 rings (SSSR count). The number of hydrogen-bond donors (Lipinski definition) is 2. The quantitative estimate of drug-likeness (QED) is 0.772. The molecule has 4 nitrogen and oxygen atoms in total. The smallest absolute Gasteiger partial charge is 0.133 e. The van der Waals surface area contributed by atoms with Gasteiger partial charge in [0, 0.05) is 17.3 Å². The van der Waals surface area contributed by atoms with Crippen LogP contribution in [0.2, 0.25) is 5.02 Å². The van der Waals surface area contributed by atoms with Gasteiger partial charge in [-0.1, -0.05) is 11.6 Å². The van der Waals surface area contributed by atoms with E-state index in [-0.39, 0.29) is 5.75 Å². The standard InChI is InChI=1S/C15H12ClN3O/c16-13-5-6-14(12-2-1-7-17-15(12)13)19-8-10-3-4-11(20)9-18-10/h1-7,9,19-20H,8H2. The van der Waals surface area contributed by atoms with E-state index < -0.39 is 0 Å². The molecule has 0 aliphatic carbocycles. The zero-order chi connectivity index (χ0) is 13.9. The third-order valence-corrected chi connectivity index (χ3v) is 3.29.